The molecule has 0 aliphatic rings. The Morgan fingerprint density at radius 3 is 1.73 bits per heavy atom. The number of nitrogens with zero attached hydrogens (tertiary/aromatic N) is 3. The van der Waals surface area contributed by atoms with E-state index in [9.17, 15) is 0 Å². The summed E-state index contributed by atoms with van der Waals surface area (Å²) in [5.41, 5.74) is 10.4. The van der Waals surface area contributed by atoms with Crippen LogP contribution in [-0.4, -0.2) is 9.97 Å². The average molecular weight is 716 g/mol. The molecule has 11 aromatic rings. The number of aromatic nitrogens is 2. The Hall–Kier alpha value is -7.56. The summed E-state index contributed by atoms with van der Waals surface area (Å²) in [5.74, 6) is 0.610. The van der Waals surface area contributed by atoms with Crippen molar-refractivity contribution in [3.63, 3.8) is 0 Å². The third-order valence-corrected chi connectivity index (χ3v) is 10.9. The summed E-state index contributed by atoms with van der Waals surface area (Å²) in [4.78, 5) is 11.6. The van der Waals surface area contributed by atoms with E-state index in [1.807, 2.05) is 36.7 Å². The van der Waals surface area contributed by atoms with Gasteiger partial charge in [-0.15, -0.1) is 0 Å². The number of pyridine rings is 1. The van der Waals surface area contributed by atoms with Crippen molar-refractivity contribution in [1.82, 2.24) is 9.97 Å². The number of anilines is 3. The largest absolute Gasteiger partial charge is 0.436 e. The molecule has 0 spiro atoms. The van der Waals surface area contributed by atoms with Gasteiger partial charge in [-0.1, -0.05) is 115 Å². The summed E-state index contributed by atoms with van der Waals surface area (Å²) in [5, 5.41) is 9.69. The maximum absolute atomic E-state index is 6.11. The van der Waals surface area contributed by atoms with E-state index in [0.717, 1.165) is 50.2 Å². The number of fused-ring (bicyclic) bond motifs is 6. The van der Waals surface area contributed by atoms with Crippen LogP contribution in [0.5, 0.6) is 0 Å². The van der Waals surface area contributed by atoms with Crippen molar-refractivity contribution in [3.05, 3.63) is 200 Å². The molecule has 0 amide bonds. The maximum Gasteiger partial charge on any atom is 0.227 e. The Morgan fingerprint density at radius 1 is 0.375 bits per heavy atom. The molecule has 0 radical (unpaired) electrons. The molecule has 2 heterocycles. The number of hydrogen-bond acceptors (Lipinski definition) is 4. The highest BCUT2D eigenvalue weighted by Gasteiger charge is 2.16. The molecular formula is C52H33N3O. The zero-order valence-electron chi connectivity index (χ0n) is 30.3. The van der Waals surface area contributed by atoms with Crippen molar-refractivity contribution in [2.24, 2.45) is 0 Å². The molecule has 0 bridgehead atoms. The van der Waals surface area contributed by atoms with Crippen molar-refractivity contribution in [3.8, 4) is 33.7 Å². The number of benzene rings is 9. The fraction of sp³-hybridized carbons (Fsp3) is 0. The molecule has 0 aliphatic heterocycles. The Morgan fingerprint density at radius 2 is 0.946 bits per heavy atom. The van der Waals surface area contributed by atoms with Crippen molar-refractivity contribution < 1.29 is 4.42 Å². The van der Waals surface area contributed by atoms with Crippen LogP contribution in [0.15, 0.2) is 205 Å². The summed E-state index contributed by atoms with van der Waals surface area (Å²) in [6.45, 7) is 0. The van der Waals surface area contributed by atoms with E-state index < -0.39 is 0 Å². The number of hydrogen-bond donors (Lipinski definition) is 0. The predicted octanol–water partition coefficient (Wildman–Crippen LogP) is 14.3. The third kappa shape index (κ3) is 5.55. The zero-order valence-corrected chi connectivity index (χ0v) is 30.3. The standard InChI is InChI=1S/C52H33N3O/c1-2-8-37-29-38(14-13-34(37)7-1)39-21-27-47-40(30-39)15-16-41-31-45(26-28-48(41)47)55(44-24-19-36(20-25-44)52-54-50-11-5-6-12-51(50)56-52)43-22-17-35(18-23-43)49-33-53-32-42-9-3-4-10-46(42)49/h1-33H. The normalized spacial score (nSPS) is 11.6. The first-order chi connectivity index (χ1) is 27.7. The van der Waals surface area contributed by atoms with Crippen LogP contribution >= 0.6 is 0 Å². The first-order valence-corrected chi connectivity index (χ1v) is 18.9. The molecule has 262 valence electrons. The second kappa shape index (κ2) is 13.1. The molecule has 4 nitrogen and oxygen atoms in total. The van der Waals surface area contributed by atoms with E-state index in [1.165, 1.54) is 48.8 Å². The van der Waals surface area contributed by atoms with Gasteiger partial charge >= 0.3 is 0 Å². The summed E-state index contributed by atoms with van der Waals surface area (Å²) >= 11 is 0. The zero-order chi connectivity index (χ0) is 37.0. The molecule has 0 N–H and O–H groups in total. The van der Waals surface area contributed by atoms with Crippen LogP contribution in [0.3, 0.4) is 0 Å². The Bertz CT molecular complexity index is 3220. The maximum atomic E-state index is 6.11. The van der Waals surface area contributed by atoms with E-state index in [-0.39, 0.29) is 0 Å². The van der Waals surface area contributed by atoms with E-state index in [4.69, 9.17) is 9.40 Å². The topological polar surface area (TPSA) is 42.2 Å². The molecular weight excluding hydrogens is 683 g/mol. The van der Waals surface area contributed by atoms with Crippen LogP contribution in [0.25, 0.3) is 87.9 Å². The van der Waals surface area contributed by atoms with Crippen LogP contribution < -0.4 is 4.90 Å². The van der Waals surface area contributed by atoms with Gasteiger partial charge in [-0.25, -0.2) is 4.98 Å². The fourth-order valence-electron chi connectivity index (χ4n) is 8.08. The average Bonchev–Trinajstić information content (AvgIpc) is 3.71. The number of para-hydroxylation sites is 2. The number of oxazole rings is 1. The first kappa shape index (κ1) is 31.9. The molecule has 0 aliphatic carbocycles. The molecule has 56 heavy (non-hydrogen) atoms. The minimum Gasteiger partial charge on any atom is -0.436 e. The van der Waals surface area contributed by atoms with Crippen LogP contribution in [-0.2, 0) is 0 Å². The lowest BCUT2D eigenvalue weighted by molar-refractivity contribution is 0.620. The Labute approximate surface area is 323 Å². The Balaban J connectivity index is 0.993. The molecule has 4 heteroatoms. The first-order valence-electron chi connectivity index (χ1n) is 18.9. The minimum atomic E-state index is 0.610. The summed E-state index contributed by atoms with van der Waals surface area (Å²) in [7, 11) is 0. The highest BCUT2D eigenvalue weighted by molar-refractivity contribution is 6.10. The molecule has 11 rings (SSSR count). The van der Waals surface area contributed by atoms with E-state index in [1.54, 1.807) is 0 Å². The van der Waals surface area contributed by atoms with Gasteiger partial charge in [0.2, 0.25) is 5.89 Å². The van der Waals surface area contributed by atoms with Gasteiger partial charge in [-0.2, -0.15) is 0 Å². The van der Waals surface area contributed by atoms with Gasteiger partial charge in [0.25, 0.3) is 0 Å². The van der Waals surface area contributed by atoms with Crippen molar-refractivity contribution in [2.75, 3.05) is 4.90 Å². The van der Waals surface area contributed by atoms with Gasteiger partial charge < -0.3 is 9.32 Å². The van der Waals surface area contributed by atoms with Gasteiger partial charge in [-0.3, -0.25) is 4.98 Å². The van der Waals surface area contributed by atoms with Crippen molar-refractivity contribution in [2.45, 2.75) is 0 Å². The van der Waals surface area contributed by atoms with Crippen LogP contribution in [0, 0.1) is 0 Å². The third-order valence-electron chi connectivity index (χ3n) is 10.9. The minimum absolute atomic E-state index is 0.610. The lowest BCUT2D eigenvalue weighted by Crippen LogP contribution is -2.09. The highest BCUT2D eigenvalue weighted by atomic mass is 16.3. The second-order valence-corrected chi connectivity index (χ2v) is 14.3. The molecule has 0 fully saturated rings. The SMILES string of the molecule is c1ccc2cc(-c3ccc4c(ccc5cc(N(c6ccc(-c7nc8ccccc8o7)cc6)c6ccc(-c7cncc8ccccc78)cc6)ccc54)c3)ccc2c1. The van der Waals surface area contributed by atoms with E-state index in [2.05, 4.69) is 174 Å². The van der Waals surface area contributed by atoms with Gasteiger partial charge in [0, 0.05) is 46.0 Å². The quantitative estimate of drug-likeness (QED) is 0.161. The van der Waals surface area contributed by atoms with Gasteiger partial charge in [0.05, 0.1) is 0 Å². The fourth-order valence-corrected chi connectivity index (χ4v) is 8.08. The predicted molar refractivity (Wildman–Crippen MR) is 233 cm³/mol. The van der Waals surface area contributed by atoms with Gasteiger partial charge in [-0.05, 0) is 127 Å². The summed E-state index contributed by atoms with van der Waals surface area (Å²) < 4.78 is 6.11. The summed E-state index contributed by atoms with van der Waals surface area (Å²) in [6.07, 6.45) is 3.88. The molecule has 0 unspecified atom stereocenters. The number of rotatable bonds is 6. The van der Waals surface area contributed by atoms with Crippen LogP contribution in [0.1, 0.15) is 0 Å². The smallest absolute Gasteiger partial charge is 0.227 e. The van der Waals surface area contributed by atoms with Gasteiger partial charge in [0.15, 0.2) is 5.58 Å². The monoisotopic (exact) mass is 715 g/mol. The van der Waals surface area contributed by atoms with Crippen molar-refractivity contribution in [1.29, 1.82) is 0 Å². The Kier molecular flexibility index (Phi) is 7.46. The van der Waals surface area contributed by atoms with Gasteiger partial charge in [0.1, 0.15) is 5.52 Å². The molecule has 9 aromatic carbocycles. The lowest BCUT2D eigenvalue weighted by atomic mass is 9.96. The molecule has 2 aromatic heterocycles. The van der Waals surface area contributed by atoms with Crippen molar-refractivity contribution >= 4 is 71.3 Å². The van der Waals surface area contributed by atoms with E-state index in [0.29, 0.717) is 5.89 Å². The van der Waals surface area contributed by atoms with E-state index >= 15 is 0 Å². The molecule has 0 saturated heterocycles. The second-order valence-electron chi connectivity index (χ2n) is 14.3. The van der Waals surface area contributed by atoms with Crippen LogP contribution in [0.2, 0.25) is 0 Å². The molecule has 0 saturated carbocycles. The van der Waals surface area contributed by atoms with Crippen LogP contribution in [0.4, 0.5) is 17.1 Å². The highest BCUT2D eigenvalue weighted by Crippen LogP contribution is 2.40. The lowest BCUT2D eigenvalue weighted by Gasteiger charge is -2.26. The molecule has 0 atom stereocenters. The summed E-state index contributed by atoms with van der Waals surface area (Å²) in [6, 6.07) is 66.9.